The third kappa shape index (κ3) is 3.40. The van der Waals surface area contributed by atoms with Crippen molar-refractivity contribution in [2.24, 2.45) is 0 Å². The number of hydrogen-bond donors (Lipinski definition) is 1. The summed E-state index contributed by atoms with van der Waals surface area (Å²) in [5.74, 6) is 0.303. The molecule has 0 fully saturated rings. The van der Waals surface area contributed by atoms with Crippen LogP contribution in [0.3, 0.4) is 0 Å². The molecule has 2 aromatic carbocycles. The number of hydrogen-bond acceptors (Lipinski definition) is 6. The Morgan fingerprint density at radius 2 is 1.78 bits per heavy atom. The molecule has 1 aromatic heterocycles. The summed E-state index contributed by atoms with van der Waals surface area (Å²) >= 11 is 0. The Kier molecular flexibility index (Phi) is 4.14. The number of methoxy groups -OCH3 is 1. The third-order valence-corrected chi connectivity index (χ3v) is 3.96. The van der Waals surface area contributed by atoms with Crippen LogP contribution in [0, 0.1) is 0 Å². The fourth-order valence-corrected chi connectivity index (χ4v) is 2.72. The van der Waals surface area contributed by atoms with Crippen molar-refractivity contribution >= 4 is 22.4 Å². The first-order valence-corrected chi connectivity index (χ1v) is 8.04. The molecule has 0 atom stereocenters. The lowest BCUT2D eigenvalue weighted by atomic mass is 10.2. The molecule has 0 aliphatic carbocycles. The number of aromatic nitrogens is 2. The Labute approximate surface area is 151 Å². The van der Waals surface area contributed by atoms with Crippen LogP contribution in [0.4, 0.5) is 24.7 Å². The molecule has 0 unspecified atom stereocenters. The van der Waals surface area contributed by atoms with Crippen LogP contribution < -0.4 is 19.5 Å². The fourth-order valence-electron chi connectivity index (χ4n) is 2.72. The van der Waals surface area contributed by atoms with Gasteiger partial charge in [-0.2, -0.15) is 13.2 Å². The minimum Gasteiger partial charge on any atom is -0.497 e. The lowest BCUT2D eigenvalue weighted by molar-refractivity contribution is -0.144. The van der Waals surface area contributed by atoms with Crippen LogP contribution in [0.2, 0.25) is 0 Å². The SMILES string of the molecule is COc1ccc2c(Nc3ccc4c(c3)OCCO4)nc(C(F)(F)F)nc2c1. The van der Waals surface area contributed by atoms with Gasteiger partial charge in [0.25, 0.3) is 0 Å². The Balaban J connectivity index is 1.80. The summed E-state index contributed by atoms with van der Waals surface area (Å²) in [4.78, 5) is 7.30. The molecular weight excluding hydrogens is 363 g/mol. The minimum atomic E-state index is -4.68. The van der Waals surface area contributed by atoms with E-state index in [-0.39, 0.29) is 11.3 Å². The van der Waals surface area contributed by atoms with Gasteiger partial charge in [-0.25, -0.2) is 9.97 Å². The number of halogens is 3. The van der Waals surface area contributed by atoms with E-state index in [1.807, 2.05) is 0 Å². The predicted molar refractivity (Wildman–Crippen MR) is 91.8 cm³/mol. The molecule has 0 spiro atoms. The van der Waals surface area contributed by atoms with Crippen LogP contribution >= 0.6 is 0 Å². The van der Waals surface area contributed by atoms with Gasteiger partial charge in [0.2, 0.25) is 5.82 Å². The quantitative estimate of drug-likeness (QED) is 0.739. The summed E-state index contributed by atoms with van der Waals surface area (Å²) < 4.78 is 55.7. The summed E-state index contributed by atoms with van der Waals surface area (Å²) in [5, 5.41) is 3.35. The second-order valence-electron chi connectivity index (χ2n) is 5.76. The van der Waals surface area contributed by atoms with Crippen LogP contribution in [0.1, 0.15) is 5.82 Å². The van der Waals surface area contributed by atoms with Crippen molar-refractivity contribution in [3.05, 3.63) is 42.2 Å². The van der Waals surface area contributed by atoms with E-state index in [4.69, 9.17) is 14.2 Å². The summed E-state index contributed by atoms with van der Waals surface area (Å²) in [5.41, 5.74) is 0.639. The molecule has 9 heteroatoms. The molecule has 1 aliphatic rings. The van der Waals surface area contributed by atoms with Crippen LogP contribution in [0.5, 0.6) is 17.2 Å². The number of ether oxygens (including phenoxy) is 3. The Morgan fingerprint density at radius 1 is 1.00 bits per heavy atom. The molecule has 0 radical (unpaired) electrons. The van der Waals surface area contributed by atoms with Gasteiger partial charge in [-0.05, 0) is 24.3 Å². The lowest BCUT2D eigenvalue weighted by Crippen LogP contribution is -2.15. The molecule has 2 heterocycles. The predicted octanol–water partition coefficient (Wildman–Crippen LogP) is 4.17. The van der Waals surface area contributed by atoms with Crippen LogP contribution in [-0.2, 0) is 6.18 Å². The second-order valence-corrected chi connectivity index (χ2v) is 5.76. The first-order chi connectivity index (χ1) is 12.9. The van der Waals surface area contributed by atoms with Gasteiger partial charge in [-0.1, -0.05) is 0 Å². The largest absolute Gasteiger partial charge is 0.497 e. The number of nitrogens with one attached hydrogen (secondary N) is 1. The number of anilines is 2. The molecule has 0 saturated heterocycles. The highest BCUT2D eigenvalue weighted by Gasteiger charge is 2.35. The van der Waals surface area contributed by atoms with Crippen molar-refractivity contribution in [1.82, 2.24) is 9.97 Å². The van der Waals surface area contributed by atoms with Crippen molar-refractivity contribution in [1.29, 1.82) is 0 Å². The standard InChI is InChI=1S/C18H14F3N3O3/c1-25-11-3-4-12-13(9-11)23-17(18(19,20)21)24-16(12)22-10-2-5-14-15(8-10)27-7-6-26-14/h2-5,8-9H,6-7H2,1H3,(H,22,23,24). The minimum absolute atomic E-state index is 0.0339. The zero-order valence-corrected chi connectivity index (χ0v) is 14.1. The van der Waals surface area contributed by atoms with Crippen LogP contribution in [0.15, 0.2) is 36.4 Å². The smallest absolute Gasteiger partial charge is 0.451 e. The van der Waals surface area contributed by atoms with Gasteiger partial charge in [0, 0.05) is 23.2 Å². The normalized spacial score (nSPS) is 13.5. The van der Waals surface area contributed by atoms with Gasteiger partial charge < -0.3 is 19.5 Å². The molecule has 6 nitrogen and oxygen atoms in total. The van der Waals surface area contributed by atoms with Crippen molar-refractivity contribution in [2.45, 2.75) is 6.18 Å². The van der Waals surface area contributed by atoms with E-state index in [2.05, 4.69) is 15.3 Å². The van der Waals surface area contributed by atoms with Gasteiger partial charge in [-0.15, -0.1) is 0 Å². The zero-order valence-electron chi connectivity index (χ0n) is 14.1. The van der Waals surface area contributed by atoms with E-state index >= 15 is 0 Å². The van der Waals surface area contributed by atoms with Crippen molar-refractivity contribution in [3.63, 3.8) is 0 Å². The molecule has 140 valence electrons. The molecule has 1 N–H and O–H groups in total. The fraction of sp³-hybridized carbons (Fsp3) is 0.222. The highest BCUT2D eigenvalue weighted by atomic mass is 19.4. The molecule has 4 rings (SSSR count). The lowest BCUT2D eigenvalue weighted by Gasteiger charge is -2.19. The Bertz CT molecular complexity index is 1010. The average Bonchev–Trinajstić information content (AvgIpc) is 2.66. The first-order valence-electron chi connectivity index (χ1n) is 8.04. The van der Waals surface area contributed by atoms with E-state index in [1.165, 1.54) is 13.2 Å². The highest BCUT2D eigenvalue weighted by Crippen LogP contribution is 2.36. The number of rotatable bonds is 3. The van der Waals surface area contributed by atoms with Gasteiger partial charge in [0.15, 0.2) is 11.5 Å². The van der Waals surface area contributed by atoms with Crippen molar-refractivity contribution in [3.8, 4) is 17.2 Å². The van der Waals surface area contributed by atoms with Crippen molar-refractivity contribution < 1.29 is 27.4 Å². The summed E-state index contributed by atoms with van der Waals surface area (Å²) in [6, 6.07) is 9.69. The van der Waals surface area contributed by atoms with Crippen molar-refractivity contribution in [2.75, 3.05) is 25.6 Å². The van der Waals surface area contributed by atoms with Crippen LogP contribution in [-0.4, -0.2) is 30.3 Å². The number of nitrogens with zero attached hydrogens (tertiary/aromatic N) is 2. The molecule has 0 bridgehead atoms. The molecule has 1 aliphatic heterocycles. The summed E-state index contributed by atoms with van der Waals surface area (Å²) in [7, 11) is 1.43. The summed E-state index contributed by atoms with van der Waals surface area (Å²) in [6.45, 7) is 0.859. The maximum absolute atomic E-state index is 13.2. The number of fused-ring (bicyclic) bond motifs is 2. The molecule has 0 amide bonds. The maximum atomic E-state index is 13.2. The second kappa shape index (κ2) is 6.49. The van der Waals surface area contributed by atoms with E-state index in [0.717, 1.165) is 0 Å². The van der Waals surface area contributed by atoms with E-state index in [0.29, 0.717) is 41.5 Å². The van der Waals surface area contributed by atoms with Gasteiger partial charge in [0.05, 0.1) is 12.6 Å². The molecule has 0 saturated carbocycles. The van der Waals surface area contributed by atoms with Gasteiger partial charge >= 0.3 is 6.18 Å². The summed E-state index contributed by atoms with van der Waals surface area (Å²) in [6.07, 6.45) is -4.68. The third-order valence-electron chi connectivity index (χ3n) is 3.96. The van der Waals surface area contributed by atoms with E-state index in [1.54, 1.807) is 30.3 Å². The Hall–Kier alpha value is -3.23. The van der Waals surface area contributed by atoms with E-state index < -0.39 is 12.0 Å². The average molecular weight is 377 g/mol. The molecule has 27 heavy (non-hydrogen) atoms. The maximum Gasteiger partial charge on any atom is 0.451 e. The zero-order chi connectivity index (χ0) is 19.0. The monoisotopic (exact) mass is 377 g/mol. The van der Waals surface area contributed by atoms with Gasteiger partial charge in [0.1, 0.15) is 24.8 Å². The van der Waals surface area contributed by atoms with E-state index in [9.17, 15) is 13.2 Å². The van der Waals surface area contributed by atoms with Crippen LogP contribution in [0.25, 0.3) is 10.9 Å². The molecule has 3 aromatic rings. The topological polar surface area (TPSA) is 65.5 Å². The Morgan fingerprint density at radius 3 is 2.52 bits per heavy atom. The number of benzene rings is 2. The van der Waals surface area contributed by atoms with Gasteiger partial charge in [-0.3, -0.25) is 0 Å². The highest BCUT2D eigenvalue weighted by molar-refractivity contribution is 5.91. The number of alkyl halides is 3. The molecular formula is C18H14F3N3O3. The first kappa shape index (κ1) is 17.2.